The zero-order valence-corrected chi connectivity index (χ0v) is 9.90. The molecule has 1 heterocycles. The van der Waals surface area contributed by atoms with Crippen LogP contribution >= 0.6 is 0 Å². The molecule has 0 aromatic heterocycles. The van der Waals surface area contributed by atoms with Gasteiger partial charge in [-0.05, 0) is 24.6 Å². The van der Waals surface area contributed by atoms with Gasteiger partial charge in [-0.1, -0.05) is 0 Å². The highest BCUT2D eigenvalue weighted by molar-refractivity contribution is 5.95. The van der Waals surface area contributed by atoms with Gasteiger partial charge in [0.25, 0.3) is 0 Å². The lowest BCUT2D eigenvalue weighted by Crippen LogP contribution is -2.32. The molecule has 0 bridgehead atoms. The number of β-amino-alcohol motifs (C(OH)–C–C–N with tert-alkyl or cyclic N) is 1. The molecular formula is C12H16FN3O2. The number of carbonyl (C=O) groups excluding carboxylic acids is 1. The van der Waals surface area contributed by atoms with E-state index in [1.807, 2.05) is 4.90 Å². The number of nitrogen functional groups attached to an aromatic ring is 1. The molecule has 5 nitrogen and oxygen atoms in total. The molecule has 1 saturated heterocycles. The van der Waals surface area contributed by atoms with E-state index in [-0.39, 0.29) is 24.2 Å². The number of anilines is 2. The Morgan fingerprint density at radius 1 is 1.61 bits per heavy atom. The first-order valence-corrected chi connectivity index (χ1v) is 5.80. The lowest BCUT2D eigenvalue weighted by molar-refractivity contribution is -0.117. The maximum absolute atomic E-state index is 13.0. The van der Waals surface area contributed by atoms with Crippen LogP contribution in [0.2, 0.25) is 0 Å². The van der Waals surface area contributed by atoms with Crippen LogP contribution in [0.3, 0.4) is 0 Å². The van der Waals surface area contributed by atoms with Crippen molar-refractivity contribution in [2.24, 2.45) is 0 Å². The molecule has 2 rings (SSSR count). The highest BCUT2D eigenvalue weighted by Crippen LogP contribution is 2.19. The van der Waals surface area contributed by atoms with Crippen molar-refractivity contribution in [1.82, 2.24) is 4.90 Å². The lowest BCUT2D eigenvalue weighted by atomic mass is 10.2. The SMILES string of the molecule is Nc1ccc(F)cc1NC(=O)CN1CCC(O)C1. The average molecular weight is 253 g/mol. The quantitative estimate of drug-likeness (QED) is 0.682. The molecule has 1 aromatic carbocycles. The maximum atomic E-state index is 13.0. The van der Waals surface area contributed by atoms with Crippen LogP contribution < -0.4 is 11.1 Å². The van der Waals surface area contributed by atoms with Gasteiger partial charge in [-0.3, -0.25) is 9.69 Å². The van der Waals surface area contributed by atoms with Gasteiger partial charge in [0.2, 0.25) is 5.91 Å². The van der Waals surface area contributed by atoms with Crippen LogP contribution in [0.1, 0.15) is 6.42 Å². The first-order valence-electron chi connectivity index (χ1n) is 5.80. The van der Waals surface area contributed by atoms with E-state index in [9.17, 15) is 14.3 Å². The van der Waals surface area contributed by atoms with Gasteiger partial charge < -0.3 is 16.2 Å². The van der Waals surface area contributed by atoms with Gasteiger partial charge in [-0.15, -0.1) is 0 Å². The number of carbonyl (C=O) groups is 1. The summed E-state index contributed by atoms with van der Waals surface area (Å²) in [5.41, 5.74) is 6.24. The van der Waals surface area contributed by atoms with Gasteiger partial charge in [-0.25, -0.2) is 4.39 Å². The Morgan fingerprint density at radius 2 is 2.39 bits per heavy atom. The maximum Gasteiger partial charge on any atom is 0.238 e. The molecule has 1 fully saturated rings. The molecule has 1 aliphatic rings. The second-order valence-electron chi connectivity index (χ2n) is 4.46. The molecule has 0 radical (unpaired) electrons. The van der Waals surface area contributed by atoms with E-state index >= 15 is 0 Å². The fourth-order valence-corrected chi connectivity index (χ4v) is 1.99. The molecule has 1 aliphatic heterocycles. The number of likely N-dealkylation sites (tertiary alicyclic amines) is 1. The molecule has 98 valence electrons. The number of aliphatic hydroxyl groups excluding tert-OH is 1. The summed E-state index contributed by atoms with van der Waals surface area (Å²) in [4.78, 5) is 13.6. The Bertz CT molecular complexity index is 453. The minimum atomic E-state index is -0.448. The highest BCUT2D eigenvalue weighted by Gasteiger charge is 2.22. The largest absolute Gasteiger partial charge is 0.397 e. The average Bonchev–Trinajstić information content (AvgIpc) is 2.69. The van der Waals surface area contributed by atoms with Crippen LogP contribution in [0.5, 0.6) is 0 Å². The normalized spacial score (nSPS) is 20.0. The fourth-order valence-electron chi connectivity index (χ4n) is 1.99. The smallest absolute Gasteiger partial charge is 0.238 e. The summed E-state index contributed by atoms with van der Waals surface area (Å²) >= 11 is 0. The summed E-state index contributed by atoms with van der Waals surface area (Å²) in [6.45, 7) is 1.35. The first kappa shape index (κ1) is 12.8. The second-order valence-corrected chi connectivity index (χ2v) is 4.46. The molecular weight excluding hydrogens is 237 g/mol. The van der Waals surface area contributed by atoms with Gasteiger partial charge in [0, 0.05) is 13.1 Å². The number of nitrogens with one attached hydrogen (secondary N) is 1. The molecule has 1 aromatic rings. The van der Waals surface area contributed by atoms with Crippen LogP contribution in [0.25, 0.3) is 0 Å². The zero-order chi connectivity index (χ0) is 13.1. The zero-order valence-electron chi connectivity index (χ0n) is 9.90. The number of rotatable bonds is 3. The number of hydrogen-bond donors (Lipinski definition) is 3. The van der Waals surface area contributed by atoms with Gasteiger partial charge in [0.1, 0.15) is 5.82 Å². The topological polar surface area (TPSA) is 78.6 Å². The van der Waals surface area contributed by atoms with Gasteiger partial charge >= 0.3 is 0 Å². The third-order valence-corrected chi connectivity index (χ3v) is 2.90. The Balaban J connectivity index is 1.92. The van der Waals surface area contributed by atoms with Gasteiger partial charge in [-0.2, -0.15) is 0 Å². The third kappa shape index (κ3) is 3.18. The minimum absolute atomic E-state index is 0.174. The van der Waals surface area contributed by atoms with E-state index in [1.54, 1.807) is 0 Å². The second kappa shape index (κ2) is 5.32. The first-order chi connectivity index (χ1) is 8.54. The standard InChI is InChI=1S/C12H16FN3O2/c13-8-1-2-10(14)11(5-8)15-12(18)7-16-4-3-9(17)6-16/h1-2,5,9,17H,3-4,6-7,14H2,(H,15,18). The Hall–Kier alpha value is -1.66. The van der Waals surface area contributed by atoms with E-state index in [0.717, 1.165) is 0 Å². The van der Waals surface area contributed by atoms with Crippen molar-refractivity contribution < 1.29 is 14.3 Å². The van der Waals surface area contributed by atoms with Crippen molar-refractivity contribution >= 4 is 17.3 Å². The van der Waals surface area contributed by atoms with Crippen molar-refractivity contribution in [2.75, 3.05) is 30.7 Å². The predicted molar refractivity (Wildman–Crippen MR) is 66.5 cm³/mol. The minimum Gasteiger partial charge on any atom is -0.397 e. The number of benzene rings is 1. The van der Waals surface area contributed by atoms with Crippen molar-refractivity contribution in [3.63, 3.8) is 0 Å². The van der Waals surface area contributed by atoms with E-state index in [0.29, 0.717) is 25.2 Å². The number of amides is 1. The van der Waals surface area contributed by atoms with Crippen LogP contribution in [0, 0.1) is 5.82 Å². The third-order valence-electron chi connectivity index (χ3n) is 2.90. The summed E-state index contributed by atoms with van der Waals surface area (Å²) in [6.07, 6.45) is 0.312. The molecule has 1 amide bonds. The van der Waals surface area contributed by atoms with Gasteiger partial charge in [0.05, 0.1) is 24.0 Å². The molecule has 0 spiro atoms. The highest BCUT2D eigenvalue weighted by atomic mass is 19.1. The summed E-state index contributed by atoms with van der Waals surface area (Å²) in [5.74, 6) is -0.711. The summed E-state index contributed by atoms with van der Waals surface area (Å²) < 4.78 is 13.0. The Morgan fingerprint density at radius 3 is 3.06 bits per heavy atom. The predicted octanol–water partition coefficient (Wildman–Crippen LogP) is 0.413. The molecule has 0 aliphatic carbocycles. The Labute approximate surface area is 104 Å². The molecule has 6 heteroatoms. The van der Waals surface area contributed by atoms with Crippen molar-refractivity contribution in [3.8, 4) is 0 Å². The molecule has 18 heavy (non-hydrogen) atoms. The van der Waals surface area contributed by atoms with E-state index < -0.39 is 5.82 Å². The molecule has 0 saturated carbocycles. The number of nitrogens with zero attached hydrogens (tertiary/aromatic N) is 1. The number of aliphatic hydroxyl groups is 1. The van der Waals surface area contributed by atoms with Crippen molar-refractivity contribution in [1.29, 1.82) is 0 Å². The molecule has 1 atom stereocenters. The summed E-state index contributed by atoms with van der Waals surface area (Å²) in [7, 11) is 0. The lowest BCUT2D eigenvalue weighted by Gasteiger charge is -2.15. The van der Waals surface area contributed by atoms with E-state index in [1.165, 1.54) is 18.2 Å². The van der Waals surface area contributed by atoms with Crippen LogP contribution in [0.4, 0.5) is 15.8 Å². The number of halogens is 1. The summed E-state index contributed by atoms with van der Waals surface area (Å²) in [6, 6.07) is 3.83. The van der Waals surface area contributed by atoms with E-state index in [4.69, 9.17) is 5.73 Å². The summed E-state index contributed by atoms with van der Waals surface area (Å²) in [5, 5.41) is 11.9. The van der Waals surface area contributed by atoms with Crippen LogP contribution in [-0.4, -0.2) is 41.7 Å². The Kier molecular flexibility index (Phi) is 3.78. The van der Waals surface area contributed by atoms with Crippen LogP contribution in [-0.2, 0) is 4.79 Å². The van der Waals surface area contributed by atoms with Crippen molar-refractivity contribution in [2.45, 2.75) is 12.5 Å². The molecule has 1 unspecified atom stereocenters. The van der Waals surface area contributed by atoms with Gasteiger partial charge in [0.15, 0.2) is 0 Å². The number of hydrogen-bond acceptors (Lipinski definition) is 4. The monoisotopic (exact) mass is 253 g/mol. The van der Waals surface area contributed by atoms with Crippen molar-refractivity contribution in [3.05, 3.63) is 24.0 Å². The van der Waals surface area contributed by atoms with E-state index in [2.05, 4.69) is 5.32 Å². The molecule has 4 N–H and O–H groups in total. The van der Waals surface area contributed by atoms with Crippen LogP contribution in [0.15, 0.2) is 18.2 Å². The number of nitrogens with two attached hydrogens (primary N) is 1. The fraction of sp³-hybridized carbons (Fsp3) is 0.417.